The number of piperidine rings is 1. The molecule has 0 spiro atoms. The van der Waals surface area contributed by atoms with Crippen molar-refractivity contribution in [1.29, 1.82) is 0 Å². The number of amides is 4. The van der Waals surface area contributed by atoms with E-state index in [-0.39, 0.29) is 54.1 Å². The Morgan fingerprint density at radius 3 is 2.38 bits per heavy atom. The molecule has 172 valence electrons. The number of carbonyl (C=O) groups is 4. The van der Waals surface area contributed by atoms with Gasteiger partial charge in [0.1, 0.15) is 0 Å². The van der Waals surface area contributed by atoms with Crippen molar-refractivity contribution in [3.8, 4) is 0 Å². The highest BCUT2D eigenvalue weighted by Crippen LogP contribution is 2.44. The zero-order valence-corrected chi connectivity index (χ0v) is 19.1. The Labute approximate surface area is 189 Å². The van der Waals surface area contributed by atoms with Crippen molar-refractivity contribution < 1.29 is 19.2 Å². The summed E-state index contributed by atoms with van der Waals surface area (Å²) >= 11 is 0. The van der Waals surface area contributed by atoms with E-state index in [2.05, 4.69) is 31.4 Å². The summed E-state index contributed by atoms with van der Waals surface area (Å²) in [7, 11) is 0. The number of nitrogens with one attached hydrogen (secondary N) is 2. The van der Waals surface area contributed by atoms with Crippen LogP contribution in [0.3, 0.4) is 0 Å². The van der Waals surface area contributed by atoms with Crippen molar-refractivity contribution in [2.45, 2.75) is 71.4 Å². The third kappa shape index (κ3) is 4.43. The topological polar surface area (TPSA) is 95.6 Å². The van der Waals surface area contributed by atoms with E-state index < -0.39 is 0 Å². The molecule has 7 heteroatoms. The molecule has 1 aromatic rings. The van der Waals surface area contributed by atoms with Gasteiger partial charge >= 0.3 is 0 Å². The fourth-order valence-electron chi connectivity index (χ4n) is 5.68. The van der Waals surface area contributed by atoms with Crippen LogP contribution in [0, 0.1) is 17.3 Å². The molecular formula is C25H33N3O4. The normalized spacial score (nSPS) is 27.6. The van der Waals surface area contributed by atoms with Crippen LogP contribution >= 0.6 is 0 Å². The van der Waals surface area contributed by atoms with Crippen LogP contribution in [0.15, 0.2) is 24.3 Å². The maximum atomic E-state index is 12.5. The number of imide groups is 1. The minimum atomic E-state index is -0.286. The van der Waals surface area contributed by atoms with E-state index in [0.717, 1.165) is 19.3 Å². The maximum absolute atomic E-state index is 12.5. The van der Waals surface area contributed by atoms with Gasteiger partial charge in [0.05, 0.1) is 11.1 Å². The van der Waals surface area contributed by atoms with Gasteiger partial charge in [-0.3, -0.25) is 24.1 Å². The first-order valence-corrected chi connectivity index (χ1v) is 11.7. The molecule has 0 aromatic heterocycles. The lowest BCUT2D eigenvalue weighted by atomic mass is 9.62. The molecule has 1 aromatic carbocycles. The molecule has 4 amide bonds. The second kappa shape index (κ2) is 8.68. The second-order valence-electron chi connectivity index (χ2n) is 10.5. The van der Waals surface area contributed by atoms with Crippen LogP contribution in [0.5, 0.6) is 0 Å². The van der Waals surface area contributed by atoms with E-state index in [4.69, 9.17) is 0 Å². The zero-order chi connectivity index (χ0) is 23.0. The molecule has 3 aliphatic rings. The van der Waals surface area contributed by atoms with E-state index in [1.54, 1.807) is 24.3 Å². The molecule has 2 heterocycles. The molecule has 32 heavy (non-hydrogen) atoms. The second-order valence-corrected chi connectivity index (χ2v) is 10.5. The minimum Gasteiger partial charge on any atom is -0.353 e. The predicted octanol–water partition coefficient (Wildman–Crippen LogP) is 2.90. The lowest BCUT2D eigenvalue weighted by Gasteiger charge is -2.48. The van der Waals surface area contributed by atoms with Gasteiger partial charge in [-0.15, -0.1) is 0 Å². The van der Waals surface area contributed by atoms with Crippen LogP contribution < -0.4 is 10.6 Å². The van der Waals surface area contributed by atoms with Gasteiger partial charge in [0.25, 0.3) is 11.8 Å². The summed E-state index contributed by atoms with van der Waals surface area (Å²) < 4.78 is 0. The number of benzene rings is 1. The Kier molecular flexibility index (Phi) is 6.10. The molecular weight excluding hydrogens is 406 g/mol. The highest BCUT2D eigenvalue weighted by Gasteiger charge is 2.45. The molecule has 4 unspecified atom stereocenters. The third-order valence-electron chi connectivity index (χ3n) is 7.31. The van der Waals surface area contributed by atoms with Crippen molar-refractivity contribution in [1.82, 2.24) is 15.5 Å². The van der Waals surface area contributed by atoms with Gasteiger partial charge in [-0.05, 0) is 55.1 Å². The summed E-state index contributed by atoms with van der Waals surface area (Å²) in [5.41, 5.74) is 0.949. The van der Waals surface area contributed by atoms with Crippen molar-refractivity contribution in [3.05, 3.63) is 35.4 Å². The van der Waals surface area contributed by atoms with Crippen LogP contribution in [0.25, 0.3) is 0 Å². The minimum absolute atomic E-state index is 0.0436. The summed E-state index contributed by atoms with van der Waals surface area (Å²) in [6, 6.07) is 6.96. The summed E-state index contributed by atoms with van der Waals surface area (Å²) in [5, 5.41) is 6.26. The van der Waals surface area contributed by atoms with E-state index in [9.17, 15) is 19.2 Å². The largest absolute Gasteiger partial charge is 0.353 e. The molecule has 1 aliphatic carbocycles. The molecule has 1 saturated carbocycles. The highest BCUT2D eigenvalue weighted by molar-refractivity contribution is 6.21. The fraction of sp³-hybridized carbons (Fsp3) is 0.600. The molecule has 4 atom stereocenters. The van der Waals surface area contributed by atoms with Crippen LogP contribution in [-0.2, 0) is 9.59 Å². The molecule has 0 radical (unpaired) electrons. The predicted molar refractivity (Wildman–Crippen MR) is 120 cm³/mol. The van der Waals surface area contributed by atoms with Gasteiger partial charge in [-0.1, -0.05) is 32.9 Å². The average Bonchev–Trinajstić information content (AvgIpc) is 2.97. The monoisotopic (exact) mass is 439 g/mol. The lowest BCUT2D eigenvalue weighted by molar-refractivity contribution is -0.130. The smallest absolute Gasteiger partial charge is 0.261 e. The van der Waals surface area contributed by atoms with Gasteiger partial charge in [0.2, 0.25) is 11.8 Å². The van der Waals surface area contributed by atoms with E-state index in [1.807, 2.05) is 0 Å². The first kappa shape index (κ1) is 22.5. The third-order valence-corrected chi connectivity index (χ3v) is 7.31. The number of hydrogen-bond acceptors (Lipinski definition) is 4. The lowest BCUT2D eigenvalue weighted by Crippen LogP contribution is -2.57. The number of nitrogens with zero attached hydrogens (tertiary/aromatic N) is 1. The van der Waals surface area contributed by atoms with Crippen LogP contribution in [-0.4, -0.2) is 47.2 Å². The van der Waals surface area contributed by atoms with E-state index >= 15 is 0 Å². The first-order chi connectivity index (χ1) is 15.1. The summed E-state index contributed by atoms with van der Waals surface area (Å²) in [4.78, 5) is 50.9. The molecule has 7 nitrogen and oxygen atoms in total. The van der Waals surface area contributed by atoms with Crippen LogP contribution in [0.4, 0.5) is 0 Å². The SMILES string of the molecule is CC(C)(C)C1CC(=O)NC2CC(NC(=O)CCCN3C(=O)c4ccccc4C3=O)CCC21. The standard InChI is InChI=1S/C25H33N3O4/c1-25(2,3)19-14-22(30)27-20-13-15(10-11-18(19)20)26-21(29)9-6-12-28-23(31)16-7-4-5-8-17(16)24(28)32/h4-5,7-8,15,18-20H,6,9-14H2,1-3H3,(H,26,29)(H,27,30). The van der Waals surface area contributed by atoms with Crippen LogP contribution in [0.1, 0.15) is 80.0 Å². The van der Waals surface area contributed by atoms with Gasteiger partial charge in [-0.2, -0.15) is 0 Å². The van der Waals surface area contributed by atoms with Crippen LogP contribution in [0.2, 0.25) is 0 Å². The van der Waals surface area contributed by atoms with Crippen molar-refractivity contribution in [3.63, 3.8) is 0 Å². The van der Waals surface area contributed by atoms with Gasteiger partial charge < -0.3 is 10.6 Å². The quantitative estimate of drug-likeness (QED) is 0.690. The van der Waals surface area contributed by atoms with Crippen molar-refractivity contribution in [2.75, 3.05) is 6.54 Å². The first-order valence-electron chi connectivity index (χ1n) is 11.7. The molecule has 0 bridgehead atoms. The maximum Gasteiger partial charge on any atom is 0.261 e. The molecule has 2 aliphatic heterocycles. The van der Waals surface area contributed by atoms with Gasteiger partial charge in [0.15, 0.2) is 0 Å². The molecule has 4 rings (SSSR count). The molecule has 2 N–H and O–H groups in total. The number of hydrogen-bond donors (Lipinski definition) is 2. The van der Waals surface area contributed by atoms with Crippen molar-refractivity contribution >= 4 is 23.6 Å². The Balaban J connectivity index is 1.26. The van der Waals surface area contributed by atoms with E-state index in [0.29, 0.717) is 35.8 Å². The summed E-state index contributed by atoms with van der Waals surface area (Å²) in [6.07, 6.45) is 3.93. The Hall–Kier alpha value is -2.70. The zero-order valence-electron chi connectivity index (χ0n) is 19.1. The number of fused-ring (bicyclic) bond motifs is 2. The fourth-order valence-corrected chi connectivity index (χ4v) is 5.68. The number of carbonyl (C=O) groups excluding carboxylic acids is 4. The average molecular weight is 440 g/mol. The molecule has 1 saturated heterocycles. The van der Waals surface area contributed by atoms with Gasteiger partial charge in [-0.25, -0.2) is 0 Å². The Morgan fingerprint density at radius 2 is 1.75 bits per heavy atom. The van der Waals surface area contributed by atoms with Gasteiger partial charge in [0, 0.05) is 31.5 Å². The number of rotatable bonds is 5. The molecule has 2 fully saturated rings. The Bertz CT molecular complexity index is 900. The van der Waals surface area contributed by atoms with E-state index in [1.165, 1.54) is 4.90 Å². The van der Waals surface area contributed by atoms with Crippen molar-refractivity contribution in [2.24, 2.45) is 17.3 Å². The summed E-state index contributed by atoms with van der Waals surface area (Å²) in [5.74, 6) is 0.280. The summed E-state index contributed by atoms with van der Waals surface area (Å²) in [6.45, 7) is 6.85. The highest BCUT2D eigenvalue weighted by atomic mass is 16.2. The Morgan fingerprint density at radius 1 is 1.09 bits per heavy atom.